The molecule has 0 aromatic rings. The Kier molecular flexibility index (Phi) is 0.817. The average molecular weight is 97.1 g/mol. The maximum atomic E-state index is 10.3. The predicted molar refractivity (Wildman–Crippen MR) is 24.8 cm³/mol. The summed E-state index contributed by atoms with van der Waals surface area (Å²) in [7, 11) is 0. The first-order valence-corrected chi connectivity index (χ1v) is 2.09. The molecule has 0 spiro atoms. The van der Waals surface area contributed by atoms with E-state index in [1.54, 1.807) is 6.92 Å². The van der Waals surface area contributed by atoms with Crippen LogP contribution in [-0.2, 0) is 4.79 Å². The van der Waals surface area contributed by atoms with Crippen LogP contribution in [0.1, 0.15) is 6.92 Å². The fraction of sp³-hybridized carbons (Fsp3) is 0.500. The zero-order valence-corrected chi connectivity index (χ0v) is 3.96. The van der Waals surface area contributed by atoms with Gasteiger partial charge >= 0.3 is 0 Å². The lowest BCUT2D eigenvalue weighted by Crippen LogP contribution is -2.10. The molecule has 37 valence electrons. The standard InChI is InChI=1S/C4H5N2O/c1-3-2-5-6-4(3)7/h2-3H,1H3. The second-order valence-corrected chi connectivity index (χ2v) is 1.49. The van der Waals surface area contributed by atoms with Crippen molar-refractivity contribution < 1.29 is 4.79 Å². The topological polar surface area (TPSA) is 43.5 Å². The molecule has 3 nitrogen and oxygen atoms in total. The third-order valence-corrected chi connectivity index (χ3v) is 0.836. The maximum absolute atomic E-state index is 10.3. The first kappa shape index (κ1) is 4.30. The van der Waals surface area contributed by atoms with E-state index in [2.05, 4.69) is 10.5 Å². The first-order chi connectivity index (χ1) is 3.30. The number of nitrogens with zero attached hydrogens (tertiary/aromatic N) is 2. The van der Waals surface area contributed by atoms with Crippen LogP contribution in [0.4, 0.5) is 0 Å². The molecule has 0 fully saturated rings. The highest BCUT2D eigenvalue weighted by atomic mass is 16.2. The normalized spacial score (nSPS) is 28.1. The van der Waals surface area contributed by atoms with Gasteiger partial charge in [-0.3, -0.25) is 4.79 Å². The number of hydrogen-bond donors (Lipinski definition) is 0. The van der Waals surface area contributed by atoms with Crippen molar-refractivity contribution in [1.82, 2.24) is 5.43 Å². The summed E-state index contributed by atoms with van der Waals surface area (Å²) < 4.78 is 0. The van der Waals surface area contributed by atoms with Crippen LogP contribution >= 0.6 is 0 Å². The van der Waals surface area contributed by atoms with Gasteiger partial charge in [0.2, 0.25) is 0 Å². The number of carbonyl (C=O) groups excluding carboxylic acids is 1. The molecule has 1 atom stereocenters. The minimum atomic E-state index is -0.139. The highest BCUT2D eigenvalue weighted by Crippen LogP contribution is 1.96. The van der Waals surface area contributed by atoms with Gasteiger partial charge in [0.1, 0.15) is 0 Å². The molecular formula is C4H5N2O. The predicted octanol–water partition coefficient (Wildman–Crippen LogP) is -0.247. The van der Waals surface area contributed by atoms with E-state index in [0.717, 1.165) is 0 Å². The molecule has 0 aromatic carbocycles. The molecule has 3 heteroatoms. The molecule has 0 bridgehead atoms. The average Bonchev–Trinajstić information content (AvgIpc) is 1.91. The molecule has 1 radical (unpaired) electrons. The smallest absolute Gasteiger partial charge is 0.270 e. The van der Waals surface area contributed by atoms with Crippen LogP contribution < -0.4 is 5.43 Å². The number of hydrogen-bond acceptors (Lipinski definition) is 2. The van der Waals surface area contributed by atoms with Crippen molar-refractivity contribution in [3.8, 4) is 0 Å². The van der Waals surface area contributed by atoms with E-state index in [0.29, 0.717) is 0 Å². The zero-order valence-electron chi connectivity index (χ0n) is 3.96. The third-order valence-electron chi connectivity index (χ3n) is 0.836. The van der Waals surface area contributed by atoms with Crippen LogP contribution in [0.5, 0.6) is 0 Å². The summed E-state index contributed by atoms with van der Waals surface area (Å²) in [5.41, 5.74) is 3.25. The molecule has 0 saturated heterocycles. The second kappa shape index (κ2) is 1.33. The van der Waals surface area contributed by atoms with Gasteiger partial charge in [0, 0.05) is 6.21 Å². The summed E-state index contributed by atoms with van der Waals surface area (Å²) in [5.74, 6) is -0.222. The quantitative estimate of drug-likeness (QED) is 0.411. The van der Waals surface area contributed by atoms with Crippen molar-refractivity contribution >= 4 is 12.1 Å². The van der Waals surface area contributed by atoms with Gasteiger partial charge in [0.15, 0.2) is 0 Å². The molecule has 1 aliphatic rings. The summed E-state index contributed by atoms with van der Waals surface area (Å²) in [6, 6.07) is 0. The van der Waals surface area contributed by atoms with Crippen molar-refractivity contribution in [1.29, 1.82) is 0 Å². The number of carbonyl (C=O) groups is 1. The van der Waals surface area contributed by atoms with Gasteiger partial charge in [-0.1, -0.05) is 0 Å². The Morgan fingerprint density at radius 3 is 2.71 bits per heavy atom. The molecule has 1 aliphatic heterocycles. The Balaban J connectivity index is 2.62. The van der Waals surface area contributed by atoms with Gasteiger partial charge in [0.05, 0.1) is 5.92 Å². The molecule has 0 aliphatic carbocycles. The Hall–Kier alpha value is -0.860. The third kappa shape index (κ3) is 0.607. The lowest BCUT2D eigenvalue weighted by atomic mass is 10.2. The highest BCUT2D eigenvalue weighted by molar-refractivity contribution is 5.96. The summed E-state index contributed by atoms with van der Waals surface area (Å²) >= 11 is 0. The molecule has 1 rings (SSSR count). The lowest BCUT2D eigenvalue weighted by Gasteiger charge is -1.84. The molecule has 0 N–H and O–H groups in total. The molecule has 1 unspecified atom stereocenters. The summed E-state index contributed by atoms with van der Waals surface area (Å²) in [6.45, 7) is 1.77. The Morgan fingerprint density at radius 1 is 1.86 bits per heavy atom. The van der Waals surface area contributed by atoms with Crippen LogP contribution in [0.15, 0.2) is 5.10 Å². The van der Waals surface area contributed by atoms with E-state index >= 15 is 0 Å². The van der Waals surface area contributed by atoms with Gasteiger partial charge in [-0.25, -0.2) is 0 Å². The minimum absolute atomic E-state index is 0.0833. The van der Waals surface area contributed by atoms with E-state index < -0.39 is 0 Å². The monoisotopic (exact) mass is 97.0 g/mol. The molecular weight excluding hydrogens is 92.1 g/mol. The van der Waals surface area contributed by atoms with E-state index in [-0.39, 0.29) is 11.8 Å². The van der Waals surface area contributed by atoms with Gasteiger partial charge in [0.25, 0.3) is 5.91 Å². The van der Waals surface area contributed by atoms with Crippen LogP contribution in [-0.4, -0.2) is 12.1 Å². The maximum Gasteiger partial charge on any atom is 0.272 e. The van der Waals surface area contributed by atoms with E-state index in [1.807, 2.05) is 0 Å². The molecule has 0 saturated carbocycles. The zero-order chi connectivity index (χ0) is 5.28. The first-order valence-electron chi connectivity index (χ1n) is 2.09. The van der Waals surface area contributed by atoms with Crippen molar-refractivity contribution in [2.75, 3.05) is 0 Å². The Bertz CT molecular complexity index is 119. The SMILES string of the molecule is CC1C=N[N]C1=O. The molecule has 0 aromatic heterocycles. The fourth-order valence-corrected chi connectivity index (χ4v) is 0.345. The van der Waals surface area contributed by atoms with Crippen LogP contribution in [0.3, 0.4) is 0 Å². The van der Waals surface area contributed by atoms with Gasteiger partial charge < -0.3 is 0 Å². The van der Waals surface area contributed by atoms with Crippen LogP contribution in [0, 0.1) is 5.92 Å². The lowest BCUT2D eigenvalue weighted by molar-refractivity contribution is -0.121. The molecule has 1 heterocycles. The Labute approximate surface area is 41.4 Å². The summed E-state index contributed by atoms with van der Waals surface area (Å²) in [6.07, 6.45) is 1.53. The summed E-state index contributed by atoms with van der Waals surface area (Å²) in [5, 5.41) is 3.40. The van der Waals surface area contributed by atoms with E-state index in [1.165, 1.54) is 6.21 Å². The van der Waals surface area contributed by atoms with Crippen molar-refractivity contribution in [3.05, 3.63) is 0 Å². The second-order valence-electron chi connectivity index (χ2n) is 1.49. The van der Waals surface area contributed by atoms with Crippen molar-refractivity contribution in [2.45, 2.75) is 6.92 Å². The largest absolute Gasteiger partial charge is 0.272 e. The van der Waals surface area contributed by atoms with Crippen LogP contribution in [0.2, 0.25) is 0 Å². The molecule has 7 heavy (non-hydrogen) atoms. The summed E-state index contributed by atoms with van der Waals surface area (Å²) in [4.78, 5) is 10.3. The molecule has 1 amide bonds. The van der Waals surface area contributed by atoms with E-state index in [4.69, 9.17) is 0 Å². The van der Waals surface area contributed by atoms with Crippen molar-refractivity contribution in [2.24, 2.45) is 11.0 Å². The van der Waals surface area contributed by atoms with Gasteiger partial charge in [-0.05, 0) is 6.92 Å². The number of rotatable bonds is 0. The fourth-order valence-electron chi connectivity index (χ4n) is 0.345. The number of amides is 1. The van der Waals surface area contributed by atoms with Crippen molar-refractivity contribution in [3.63, 3.8) is 0 Å². The van der Waals surface area contributed by atoms with Gasteiger partial charge in [-0.2, -0.15) is 5.10 Å². The van der Waals surface area contributed by atoms with Gasteiger partial charge in [-0.15, -0.1) is 5.43 Å². The highest BCUT2D eigenvalue weighted by Gasteiger charge is 2.15. The Morgan fingerprint density at radius 2 is 2.57 bits per heavy atom. The van der Waals surface area contributed by atoms with E-state index in [9.17, 15) is 4.79 Å². The van der Waals surface area contributed by atoms with Crippen LogP contribution in [0.25, 0.3) is 0 Å². The minimum Gasteiger partial charge on any atom is -0.270 e.